The predicted octanol–water partition coefficient (Wildman–Crippen LogP) is 3.54. The van der Waals surface area contributed by atoms with Gasteiger partial charge < -0.3 is 10.1 Å². The van der Waals surface area contributed by atoms with Crippen molar-refractivity contribution in [1.29, 1.82) is 0 Å². The highest BCUT2D eigenvalue weighted by molar-refractivity contribution is 7.14. The van der Waals surface area contributed by atoms with Gasteiger partial charge in [-0.3, -0.25) is 14.9 Å². The number of nitrogens with one attached hydrogen (secondary N) is 2. The van der Waals surface area contributed by atoms with Crippen LogP contribution >= 0.6 is 22.9 Å². The van der Waals surface area contributed by atoms with Gasteiger partial charge >= 0.3 is 6.09 Å². The standard InChI is InChI=1S/C15H13ClN2O4S/c1-2-22-15(21)18-13(20)11-6-7-23-14(11)17-12(19)9-4-3-5-10(16)8-9/h3-8H,2H2,1H3,(H,17,19)(H,18,20,21). The normalized spacial score (nSPS) is 10.0. The van der Waals surface area contributed by atoms with E-state index in [4.69, 9.17) is 11.6 Å². The number of hydrogen-bond donors (Lipinski definition) is 2. The summed E-state index contributed by atoms with van der Waals surface area (Å²) in [6.07, 6.45) is -0.837. The fraction of sp³-hybridized carbons (Fsp3) is 0.133. The van der Waals surface area contributed by atoms with Crippen molar-refractivity contribution in [1.82, 2.24) is 5.32 Å². The number of ether oxygens (including phenoxy) is 1. The molecule has 1 aromatic carbocycles. The van der Waals surface area contributed by atoms with E-state index in [-0.39, 0.29) is 12.2 Å². The van der Waals surface area contributed by atoms with Crippen LogP contribution in [-0.4, -0.2) is 24.5 Å². The zero-order chi connectivity index (χ0) is 16.8. The lowest BCUT2D eigenvalue weighted by molar-refractivity contribution is 0.0926. The van der Waals surface area contributed by atoms with E-state index in [2.05, 4.69) is 15.4 Å². The van der Waals surface area contributed by atoms with Crippen LogP contribution in [0.1, 0.15) is 27.6 Å². The maximum atomic E-state index is 12.2. The van der Waals surface area contributed by atoms with E-state index in [1.54, 1.807) is 30.5 Å². The summed E-state index contributed by atoms with van der Waals surface area (Å²) in [5, 5.41) is 7.11. The van der Waals surface area contributed by atoms with E-state index in [1.165, 1.54) is 23.5 Å². The Bertz CT molecular complexity index is 745. The molecule has 0 aliphatic heterocycles. The van der Waals surface area contributed by atoms with E-state index in [1.807, 2.05) is 0 Å². The Morgan fingerprint density at radius 1 is 1.22 bits per heavy atom. The van der Waals surface area contributed by atoms with Gasteiger partial charge in [0.2, 0.25) is 0 Å². The van der Waals surface area contributed by atoms with Crippen LogP contribution in [-0.2, 0) is 4.74 Å². The van der Waals surface area contributed by atoms with Gasteiger partial charge in [0, 0.05) is 10.6 Å². The molecule has 1 heterocycles. The average molecular weight is 353 g/mol. The number of alkyl carbamates (subject to hydrolysis) is 1. The SMILES string of the molecule is CCOC(=O)NC(=O)c1ccsc1NC(=O)c1cccc(Cl)c1. The molecule has 0 aliphatic rings. The molecule has 6 nitrogen and oxygen atoms in total. The second kappa shape index (κ2) is 7.75. The van der Waals surface area contributed by atoms with Crippen LogP contribution in [0.4, 0.5) is 9.80 Å². The molecule has 0 aliphatic carbocycles. The van der Waals surface area contributed by atoms with Crippen LogP contribution in [0.25, 0.3) is 0 Å². The molecule has 0 spiro atoms. The Morgan fingerprint density at radius 2 is 2.00 bits per heavy atom. The van der Waals surface area contributed by atoms with E-state index in [0.717, 1.165) is 0 Å². The van der Waals surface area contributed by atoms with Crippen LogP contribution in [0, 0.1) is 0 Å². The number of halogens is 1. The molecule has 0 fully saturated rings. The van der Waals surface area contributed by atoms with Crippen LogP contribution in [0.15, 0.2) is 35.7 Å². The van der Waals surface area contributed by atoms with Crippen molar-refractivity contribution in [3.8, 4) is 0 Å². The summed E-state index contributed by atoms with van der Waals surface area (Å²) in [6, 6.07) is 7.94. The molecule has 2 rings (SSSR count). The minimum Gasteiger partial charge on any atom is -0.450 e. The lowest BCUT2D eigenvalue weighted by atomic mass is 10.2. The Labute approximate surface area is 141 Å². The molecule has 3 amide bonds. The lowest BCUT2D eigenvalue weighted by Crippen LogP contribution is -2.31. The number of hydrogen-bond acceptors (Lipinski definition) is 5. The van der Waals surface area contributed by atoms with Crippen LogP contribution in [0.3, 0.4) is 0 Å². The van der Waals surface area contributed by atoms with Crippen molar-refractivity contribution in [2.24, 2.45) is 0 Å². The maximum absolute atomic E-state index is 12.2. The van der Waals surface area contributed by atoms with Gasteiger partial charge in [-0.1, -0.05) is 17.7 Å². The predicted molar refractivity (Wildman–Crippen MR) is 88.2 cm³/mol. The first-order valence-corrected chi connectivity index (χ1v) is 7.89. The van der Waals surface area contributed by atoms with Crippen LogP contribution in [0.5, 0.6) is 0 Å². The van der Waals surface area contributed by atoms with Crippen LogP contribution in [0.2, 0.25) is 5.02 Å². The molecule has 0 saturated carbocycles. The van der Waals surface area contributed by atoms with Crippen LogP contribution < -0.4 is 10.6 Å². The molecule has 8 heteroatoms. The minimum absolute atomic E-state index is 0.154. The Kier molecular flexibility index (Phi) is 5.72. The molecule has 23 heavy (non-hydrogen) atoms. The minimum atomic E-state index is -0.837. The van der Waals surface area contributed by atoms with Gasteiger partial charge in [-0.05, 0) is 36.6 Å². The molecule has 0 bridgehead atoms. The highest BCUT2D eigenvalue weighted by Gasteiger charge is 2.18. The number of carbonyl (C=O) groups is 3. The molecule has 2 aromatic rings. The average Bonchev–Trinajstić information content (AvgIpc) is 2.95. The molecule has 2 N–H and O–H groups in total. The first-order valence-electron chi connectivity index (χ1n) is 6.63. The highest BCUT2D eigenvalue weighted by atomic mass is 35.5. The number of thiophene rings is 1. The van der Waals surface area contributed by atoms with Crippen molar-refractivity contribution in [2.45, 2.75) is 6.92 Å². The Morgan fingerprint density at radius 3 is 2.70 bits per heavy atom. The summed E-state index contributed by atoms with van der Waals surface area (Å²) in [6.45, 7) is 1.78. The summed E-state index contributed by atoms with van der Waals surface area (Å²) < 4.78 is 4.64. The molecule has 0 radical (unpaired) electrons. The second-order valence-corrected chi connectivity index (χ2v) is 5.66. The monoisotopic (exact) mass is 352 g/mol. The highest BCUT2D eigenvalue weighted by Crippen LogP contribution is 2.24. The molecule has 0 atom stereocenters. The van der Waals surface area contributed by atoms with Crippen molar-refractivity contribution in [3.63, 3.8) is 0 Å². The van der Waals surface area contributed by atoms with E-state index in [0.29, 0.717) is 15.6 Å². The topological polar surface area (TPSA) is 84.5 Å². The van der Waals surface area contributed by atoms with E-state index < -0.39 is 17.9 Å². The van der Waals surface area contributed by atoms with E-state index in [9.17, 15) is 14.4 Å². The van der Waals surface area contributed by atoms with Gasteiger partial charge in [0.05, 0.1) is 12.2 Å². The Balaban J connectivity index is 2.10. The number of anilines is 1. The van der Waals surface area contributed by atoms with Crippen molar-refractivity contribution in [3.05, 3.63) is 51.9 Å². The summed E-state index contributed by atoms with van der Waals surface area (Å²) in [4.78, 5) is 35.5. The summed E-state index contributed by atoms with van der Waals surface area (Å²) in [5.41, 5.74) is 0.543. The first-order chi connectivity index (χ1) is 11.0. The summed E-state index contributed by atoms with van der Waals surface area (Å²) in [5.74, 6) is -1.05. The largest absolute Gasteiger partial charge is 0.450 e. The van der Waals surface area contributed by atoms with Gasteiger partial charge in [0.15, 0.2) is 0 Å². The van der Waals surface area contributed by atoms with Crippen molar-refractivity contribution >= 4 is 45.8 Å². The third kappa shape index (κ3) is 4.54. The number of rotatable bonds is 4. The fourth-order valence-electron chi connectivity index (χ4n) is 1.72. The molecule has 120 valence electrons. The smallest absolute Gasteiger partial charge is 0.414 e. The number of carbonyl (C=O) groups excluding carboxylic acids is 3. The van der Waals surface area contributed by atoms with Gasteiger partial charge in [-0.2, -0.15) is 0 Å². The number of imide groups is 1. The molecule has 0 saturated heterocycles. The molecule has 1 aromatic heterocycles. The van der Waals surface area contributed by atoms with E-state index >= 15 is 0 Å². The van der Waals surface area contributed by atoms with Gasteiger partial charge in [-0.15, -0.1) is 11.3 Å². The quantitative estimate of drug-likeness (QED) is 0.881. The second-order valence-electron chi connectivity index (χ2n) is 4.30. The molecular formula is C15H13ClN2O4S. The fourth-order valence-corrected chi connectivity index (χ4v) is 2.69. The third-order valence-electron chi connectivity index (χ3n) is 2.71. The number of amides is 3. The molecular weight excluding hydrogens is 340 g/mol. The lowest BCUT2D eigenvalue weighted by Gasteiger charge is -2.07. The first kappa shape index (κ1) is 17.0. The summed E-state index contributed by atoms with van der Waals surface area (Å²) >= 11 is 7.01. The van der Waals surface area contributed by atoms with Gasteiger partial charge in [0.1, 0.15) is 5.00 Å². The zero-order valence-electron chi connectivity index (χ0n) is 12.1. The van der Waals surface area contributed by atoms with Gasteiger partial charge in [0.25, 0.3) is 11.8 Å². The number of benzene rings is 1. The maximum Gasteiger partial charge on any atom is 0.414 e. The third-order valence-corrected chi connectivity index (χ3v) is 3.78. The molecule has 0 unspecified atom stereocenters. The zero-order valence-corrected chi connectivity index (χ0v) is 13.7. The summed E-state index contributed by atoms with van der Waals surface area (Å²) in [7, 11) is 0. The van der Waals surface area contributed by atoms with Crippen molar-refractivity contribution < 1.29 is 19.1 Å². The Hall–Kier alpha value is -2.38. The van der Waals surface area contributed by atoms with Crippen molar-refractivity contribution in [2.75, 3.05) is 11.9 Å². The van der Waals surface area contributed by atoms with Gasteiger partial charge in [-0.25, -0.2) is 4.79 Å².